The molecule has 0 spiro atoms. The van der Waals surface area contributed by atoms with Crippen LogP contribution in [0.3, 0.4) is 0 Å². The molecule has 22 nitrogen and oxygen atoms in total. The average molecular weight is 1600 g/mol. The average Bonchev–Trinajstić information content (AvgIpc) is 0.983. The minimum atomic E-state index is -3.73. The van der Waals surface area contributed by atoms with Crippen molar-refractivity contribution in [3.05, 3.63) is 114 Å². The van der Waals surface area contributed by atoms with Crippen molar-refractivity contribution in [3.63, 3.8) is 0 Å². The summed E-state index contributed by atoms with van der Waals surface area (Å²) in [5.74, 6) is 1.39. The number of phenolic OH excluding ortho intramolecular Hbond substituents is 1. The summed E-state index contributed by atoms with van der Waals surface area (Å²) in [5, 5.41) is 12.4. The second-order valence-corrected chi connectivity index (χ2v) is 44.8. The Kier molecular flexibility index (Phi) is 38.1. The molecule has 2 N–H and O–H groups in total. The Bertz CT molecular complexity index is 3230. The highest BCUT2D eigenvalue weighted by molar-refractivity contribution is 9.11. The number of rotatable bonds is 26. The van der Waals surface area contributed by atoms with Gasteiger partial charge >= 0.3 is 6.16 Å². The Morgan fingerprint density at radius 2 is 1.03 bits per heavy atom. The van der Waals surface area contributed by atoms with E-state index < -0.39 is 65.8 Å². The lowest BCUT2D eigenvalue weighted by atomic mass is 10.0. The Morgan fingerprint density at radius 3 is 1.42 bits per heavy atom. The number of carbonyl (C=O) groups is 3. The first-order valence-electron chi connectivity index (χ1n) is 27.2. The number of ether oxygens (including phenoxy) is 5. The van der Waals surface area contributed by atoms with Crippen LogP contribution in [0.4, 0.5) is 4.79 Å². The molecule has 1 atom stereocenters. The third-order valence-electron chi connectivity index (χ3n) is 11.1. The molecule has 0 aliphatic heterocycles. The van der Waals surface area contributed by atoms with Crippen molar-refractivity contribution in [2.24, 2.45) is 0 Å². The van der Waals surface area contributed by atoms with E-state index in [1.165, 1.54) is 46.1 Å². The van der Waals surface area contributed by atoms with Gasteiger partial charge in [0, 0.05) is 89.9 Å². The lowest BCUT2D eigenvalue weighted by Gasteiger charge is -2.36. The Morgan fingerprint density at radius 1 is 0.622 bits per heavy atom. The normalized spacial score (nSPS) is 12.6. The number of aldehydes is 2. The fraction of sp³-hybridized carbons (Fsp3) is 0.534. The predicted octanol–water partition coefficient (Wildman–Crippen LogP) is 17.2. The van der Waals surface area contributed by atoms with Crippen molar-refractivity contribution in [1.29, 1.82) is 0 Å². The molecule has 0 saturated carbocycles. The van der Waals surface area contributed by atoms with Gasteiger partial charge in [0.05, 0.1) is 30.6 Å². The molecule has 512 valence electrons. The van der Waals surface area contributed by atoms with E-state index in [-0.39, 0.29) is 61.7 Å². The van der Waals surface area contributed by atoms with Crippen LogP contribution in [0.15, 0.2) is 86.2 Å². The minimum absolute atomic E-state index is 0.0122. The van der Waals surface area contributed by atoms with Crippen molar-refractivity contribution in [3.8, 4) is 23.0 Å². The molecule has 0 saturated heterocycles. The molecule has 0 fully saturated rings. The molecule has 4 rings (SSSR count). The van der Waals surface area contributed by atoms with Gasteiger partial charge in [0.1, 0.15) is 40.8 Å². The van der Waals surface area contributed by atoms with E-state index in [2.05, 4.69) is 91.5 Å². The Labute approximate surface area is 564 Å². The van der Waals surface area contributed by atoms with Crippen LogP contribution in [0.1, 0.15) is 106 Å². The van der Waals surface area contributed by atoms with Crippen LogP contribution in [0.2, 0.25) is 18.1 Å². The van der Waals surface area contributed by atoms with Gasteiger partial charge in [0.25, 0.3) is 10.1 Å². The van der Waals surface area contributed by atoms with Crippen molar-refractivity contribution < 1.29 is 96.6 Å². The molecule has 32 heteroatoms. The molecule has 0 aliphatic carbocycles. The highest BCUT2D eigenvalue weighted by Crippen LogP contribution is 2.41. The van der Waals surface area contributed by atoms with E-state index in [1.807, 2.05) is 39.0 Å². The number of aromatic hydroxyl groups is 1. The maximum Gasteiger partial charge on any atom is 0.509 e. The lowest BCUT2D eigenvalue weighted by molar-refractivity contribution is -0.0282. The molecule has 0 amide bonds. The number of phenols is 1. The topological polar surface area (TPSA) is 287 Å². The van der Waals surface area contributed by atoms with Gasteiger partial charge in [-0.3, -0.25) is 45.6 Å². The Balaban J connectivity index is 0.00000121. The summed E-state index contributed by atoms with van der Waals surface area (Å²) >= 11 is 15.0. The molecule has 0 radical (unpaired) electrons. The first-order valence-corrected chi connectivity index (χ1v) is 44.9. The van der Waals surface area contributed by atoms with E-state index in [4.69, 9.17) is 62.6 Å². The number of alkyl halides is 1. The summed E-state index contributed by atoms with van der Waals surface area (Å²) in [7, 11) is -15.8. The smallest absolute Gasteiger partial charge is 0.507 e. The van der Waals surface area contributed by atoms with Gasteiger partial charge < -0.3 is 43.1 Å². The van der Waals surface area contributed by atoms with E-state index in [0.29, 0.717) is 52.9 Å². The van der Waals surface area contributed by atoms with Crippen LogP contribution in [0.25, 0.3) is 0 Å². The summed E-state index contributed by atoms with van der Waals surface area (Å²) in [6.07, 6.45) is 0.657. The molecule has 0 aromatic heterocycles. The third-order valence-corrected chi connectivity index (χ3v) is 20.8. The predicted molar refractivity (Wildman–Crippen MR) is 370 cm³/mol. The molecule has 0 aliphatic rings. The van der Waals surface area contributed by atoms with E-state index in [0.717, 1.165) is 25.2 Å². The number of carbonyl (C=O) groups excluding carboxylic acids is 3. The van der Waals surface area contributed by atoms with Crippen molar-refractivity contribution in [2.45, 2.75) is 111 Å². The highest BCUT2D eigenvalue weighted by Gasteiger charge is 2.37. The number of hydrogen-bond donors (Lipinski definition) is 2. The molecule has 4 aromatic rings. The largest absolute Gasteiger partial charge is 0.509 e. The van der Waals surface area contributed by atoms with Crippen molar-refractivity contribution in [2.75, 3.05) is 92.6 Å². The van der Waals surface area contributed by atoms with Gasteiger partial charge in [-0.1, -0.05) is 86.2 Å². The second-order valence-electron chi connectivity index (χ2n) is 24.4. The minimum Gasteiger partial charge on any atom is -0.507 e. The molecule has 0 heterocycles. The second kappa shape index (κ2) is 39.3. The molecule has 4 aromatic carbocycles. The summed E-state index contributed by atoms with van der Waals surface area (Å²) in [5.41, 5.74) is 1.63. The van der Waals surface area contributed by atoms with Gasteiger partial charge in [-0.05, 0) is 132 Å². The molecule has 1 unspecified atom stereocenters. The molecular weight excluding hydrogens is 1510 g/mol. The summed E-state index contributed by atoms with van der Waals surface area (Å²) in [6.45, 7) is 34.3. The van der Waals surface area contributed by atoms with E-state index in [9.17, 15) is 41.1 Å². The van der Waals surface area contributed by atoms with Crippen molar-refractivity contribution >= 4 is 126 Å². The summed E-state index contributed by atoms with van der Waals surface area (Å²) in [6, 6.07) is 20.4. The SMILES string of the molecule is CC(C)(C)NCC(OC(=O)OC(C)(C)C)c1ccc(OCOP(C)(C)=O)c(COS(C)(=O)=O)c1.CC(C)(C)[Si](C)(C)OCc1cc(Br)ccc1OCOP(C)(C)=O.CP(C)(=O)OCCl.CP(C)(=O)OCOc1ccc(Br)cc1C=O.O=Cc1cc(Br)ccc1O. The van der Waals surface area contributed by atoms with Gasteiger partial charge in [0.15, 0.2) is 70.7 Å². The van der Waals surface area contributed by atoms with Crippen LogP contribution in [-0.2, 0) is 77.8 Å². The van der Waals surface area contributed by atoms with Crippen LogP contribution < -0.4 is 19.5 Å². The lowest BCUT2D eigenvalue weighted by Crippen LogP contribution is -2.40. The number of hydrogen-bond acceptors (Lipinski definition) is 22. The summed E-state index contributed by atoms with van der Waals surface area (Å²) in [4.78, 5) is 33.3. The first kappa shape index (κ1) is 87.2. The third kappa shape index (κ3) is 43.3. The van der Waals surface area contributed by atoms with Gasteiger partial charge in [-0.2, -0.15) is 8.42 Å². The maximum absolute atomic E-state index is 12.4. The molecule has 90 heavy (non-hydrogen) atoms. The van der Waals surface area contributed by atoms with Crippen LogP contribution in [0, 0.1) is 0 Å². The quantitative estimate of drug-likeness (QED) is 0.0112. The van der Waals surface area contributed by atoms with Gasteiger partial charge in [0.2, 0.25) is 0 Å². The van der Waals surface area contributed by atoms with Gasteiger partial charge in [-0.25, -0.2) is 4.79 Å². The number of nitrogens with one attached hydrogen (secondary N) is 1. The first-order chi connectivity index (χ1) is 40.8. The number of halogens is 4. The standard InChI is InChI=1S/C22H38NO9PS.C16H28BrO4PSi.C10H12BrO4P.C7H5BrO2.C3H8ClO2P/c1-21(2,3)23-13-19(31-20(24)32-22(4,5)6)16-10-11-18(28-15-29-33(7,8)25)17(12-16)14-30-34(9,26)27;1-16(2,3)23(6,7)21-11-13-10-14(17)8-9-15(13)19-12-20-22(4,5)18;1-16(2,13)15-7-14-10-4-3-9(11)5-8(10)6-12;8-6-1-2-7(10)5(3-6)4-9;1-7(2,5)6-3-4/h10-12,19,23H,13-15H2,1-9H3;8-10H,11-12H2,1-7H3;3-6H,7H2,1-2H3;1-4,10H;3H2,1-2H3. The zero-order valence-electron chi connectivity index (χ0n) is 54.9. The van der Waals surface area contributed by atoms with Crippen LogP contribution >= 0.6 is 88.9 Å². The molecule has 0 bridgehead atoms. The Hall–Kier alpha value is -2.77. The van der Waals surface area contributed by atoms with E-state index in [1.54, 1.807) is 82.6 Å². The zero-order valence-corrected chi connectivity index (χ0v) is 65.8. The zero-order chi connectivity index (χ0) is 69.9. The van der Waals surface area contributed by atoms with Gasteiger partial charge in [-0.15, -0.1) is 0 Å². The fourth-order valence-electron chi connectivity index (χ4n) is 5.65. The van der Waals surface area contributed by atoms with Crippen LogP contribution in [-0.4, -0.2) is 144 Å². The number of benzene rings is 4. The van der Waals surface area contributed by atoms with Crippen LogP contribution in [0.5, 0.6) is 23.0 Å². The highest BCUT2D eigenvalue weighted by atomic mass is 79.9. The maximum atomic E-state index is 12.4. The molecular formula is C58H91Br3ClNO21P4SSi. The monoisotopic (exact) mass is 1590 g/mol. The van der Waals surface area contributed by atoms with E-state index >= 15 is 0 Å². The summed E-state index contributed by atoms with van der Waals surface area (Å²) < 4.78 is 129. The van der Waals surface area contributed by atoms with Crippen molar-refractivity contribution in [1.82, 2.24) is 5.32 Å². The fourth-order valence-corrected chi connectivity index (χ4v) is 9.96.